The third-order valence-corrected chi connectivity index (χ3v) is 3.60. The molecule has 1 fully saturated rings. The Morgan fingerprint density at radius 3 is 3.07 bits per heavy atom. The van der Waals surface area contributed by atoms with E-state index in [2.05, 4.69) is 0 Å². The van der Waals surface area contributed by atoms with Crippen LogP contribution in [-0.4, -0.2) is 18.5 Å². The summed E-state index contributed by atoms with van der Waals surface area (Å²) in [6.07, 6.45) is 4.08. The molecule has 2 rings (SSSR count). The van der Waals surface area contributed by atoms with Crippen molar-refractivity contribution in [2.24, 2.45) is 0 Å². The Bertz CT molecular complexity index is 337. The van der Waals surface area contributed by atoms with Gasteiger partial charge >= 0.3 is 0 Å². The first-order chi connectivity index (χ1) is 7.25. The van der Waals surface area contributed by atoms with Crippen molar-refractivity contribution in [3.05, 3.63) is 21.9 Å². The maximum absolute atomic E-state index is 11.9. The van der Waals surface area contributed by atoms with E-state index < -0.39 is 0 Å². The molecule has 0 amide bonds. The van der Waals surface area contributed by atoms with Crippen LogP contribution < -0.4 is 0 Å². The van der Waals surface area contributed by atoms with Crippen molar-refractivity contribution in [1.82, 2.24) is 0 Å². The molecule has 1 atom stereocenters. The molecular formula is C12H16O2S. The van der Waals surface area contributed by atoms with E-state index in [9.17, 15) is 4.79 Å². The molecule has 0 aliphatic carbocycles. The minimum atomic E-state index is 0.159. The second-order valence-corrected chi connectivity index (χ2v) is 5.18. The molecule has 2 heterocycles. The zero-order chi connectivity index (χ0) is 10.7. The quantitative estimate of drug-likeness (QED) is 0.737. The van der Waals surface area contributed by atoms with Crippen molar-refractivity contribution in [2.75, 3.05) is 6.61 Å². The maximum atomic E-state index is 11.9. The standard InChI is InChI=1S/C12H16O2S/c1-9-6-10(8-15-9)12(13)7-11-4-2-3-5-14-11/h6,8,11H,2-5,7H2,1H3. The van der Waals surface area contributed by atoms with Crippen molar-refractivity contribution in [3.8, 4) is 0 Å². The highest BCUT2D eigenvalue weighted by atomic mass is 32.1. The largest absolute Gasteiger partial charge is 0.378 e. The lowest BCUT2D eigenvalue weighted by Crippen LogP contribution is -2.22. The molecule has 1 saturated heterocycles. The molecule has 3 heteroatoms. The van der Waals surface area contributed by atoms with Crippen LogP contribution in [-0.2, 0) is 4.74 Å². The second-order valence-electron chi connectivity index (χ2n) is 4.06. The van der Waals surface area contributed by atoms with Gasteiger partial charge in [-0.2, -0.15) is 0 Å². The first kappa shape index (κ1) is 10.8. The Labute approximate surface area is 94.3 Å². The number of ether oxygens (including phenoxy) is 1. The van der Waals surface area contributed by atoms with Gasteiger partial charge in [-0.15, -0.1) is 11.3 Å². The van der Waals surface area contributed by atoms with Crippen molar-refractivity contribution in [2.45, 2.75) is 38.7 Å². The molecule has 15 heavy (non-hydrogen) atoms. The van der Waals surface area contributed by atoms with E-state index in [1.165, 1.54) is 11.3 Å². The molecule has 0 aromatic carbocycles. The predicted molar refractivity (Wildman–Crippen MR) is 61.6 cm³/mol. The highest BCUT2D eigenvalue weighted by Crippen LogP contribution is 2.20. The summed E-state index contributed by atoms with van der Waals surface area (Å²) in [5.74, 6) is 0.228. The Morgan fingerprint density at radius 1 is 1.60 bits per heavy atom. The van der Waals surface area contributed by atoms with E-state index in [1.807, 2.05) is 18.4 Å². The number of hydrogen-bond donors (Lipinski definition) is 0. The van der Waals surface area contributed by atoms with Gasteiger partial charge < -0.3 is 4.74 Å². The second kappa shape index (κ2) is 4.90. The van der Waals surface area contributed by atoms with Crippen LogP contribution in [0.15, 0.2) is 11.4 Å². The fourth-order valence-corrected chi connectivity index (χ4v) is 2.59. The Balaban J connectivity index is 1.91. The zero-order valence-electron chi connectivity index (χ0n) is 8.99. The Kier molecular flexibility index (Phi) is 3.54. The van der Waals surface area contributed by atoms with E-state index in [-0.39, 0.29) is 11.9 Å². The lowest BCUT2D eigenvalue weighted by atomic mass is 10.0. The molecule has 1 unspecified atom stereocenters. The first-order valence-electron chi connectivity index (χ1n) is 5.45. The molecule has 0 bridgehead atoms. The summed E-state index contributed by atoms with van der Waals surface area (Å²) in [6, 6.07) is 1.97. The van der Waals surface area contributed by atoms with Gasteiger partial charge in [0.1, 0.15) is 0 Å². The third-order valence-electron chi connectivity index (χ3n) is 2.74. The summed E-state index contributed by atoms with van der Waals surface area (Å²) < 4.78 is 5.56. The molecule has 1 aliphatic heterocycles. The van der Waals surface area contributed by atoms with Gasteiger partial charge in [0, 0.05) is 28.8 Å². The van der Waals surface area contributed by atoms with Crippen LogP contribution in [0.3, 0.4) is 0 Å². The van der Waals surface area contributed by atoms with Gasteiger partial charge in [-0.1, -0.05) is 0 Å². The zero-order valence-corrected chi connectivity index (χ0v) is 9.81. The summed E-state index contributed by atoms with van der Waals surface area (Å²) in [6.45, 7) is 2.85. The number of ketones is 1. The fourth-order valence-electron chi connectivity index (χ4n) is 1.88. The molecule has 2 nitrogen and oxygen atoms in total. The van der Waals surface area contributed by atoms with Crippen LogP contribution in [0.25, 0.3) is 0 Å². The number of Topliss-reactive ketones (excluding diaryl/α,β-unsaturated/α-hetero) is 1. The minimum Gasteiger partial charge on any atom is -0.378 e. The Morgan fingerprint density at radius 2 is 2.47 bits per heavy atom. The summed E-state index contributed by atoms with van der Waals surface area (Å²) >= 11 is 1.63. The number of thiophene rings is 1. The maximum Gasteiger partial charge on any atom is 0.166 e. The molecule has 0 spiro atoms. The monoisotopic (exact) mass is 224 g/mol. The van der Waals surface area contributed by atoms with Crippen molar-refractivity contribution in [1.29, 1.82) is 0 Å². The van der Waals surface area contributed by atoms with Crippen LogP contribution in [0.2, 0.25) is 0 Å². The number of carbonyl (C=O) groups is 1. The number of rotatable bonds is 3. The van der Waals surface area contributed by atoms with Gasteiger partial charge in [0.25, 0.3) is 0 Å². The average molecular weight is 224 g/mol. The molecule has 1 aromatic heterocycles. The van der Waals surface area contributed by atoms with Gasteiger partial charge in [-0.05, 0) is 32.3 Å². The van der Waals surface area contributed by atoms with Crippen molar-refractivity contribution >= 4 is 17.1 Å². The van der Waals surface area contributed by atoms with Gasteiger partial charge in [0.15, 0.2) is 5.78 Å². The van der Waals surface area contributed by atoms with E-state index in [1.54, 1.807) is 11.3 Å². The number of aryl methyl sites for hydroxylation is 1. The van der Waals surface area contributed by atoms with Gasteiger partial charge in [0.2, 0.25) is 0 Å². The SMILES string of the molecule is Cc1cc(C(=O)CC2CCCCO2)cs1. The summed E-state index contributed by atoms with van der Waals surface area (Å²) in [4.78, 5) is 13.1. The van der Waals surface area contributed by atoms with Gasteiger partial charge in [0.05, 0.1) is 6.10 Å². The van der Waals surface area contributed by atoms with Crippen LogP contribution in [0.4, 0.5) is 0 Å². The molecule has 0 radical (unpaired) electrons. The molecule has 0 saturated carbocycles. The van der Waals surface area contributed by atoms with E-state index >= 15 is 0 Å². The minimum absolute atomic E-state index is 0.159. The van der Waals surface area contributed by atoms with Crippen molar-refractivity contribution < 1.29 is 9.53 Å². The van der Waals surface area contributed by atoms with E-state index in [0.717, 1.165) is 25.0 Å². The molecule has 1 aliphatic rings. The van der Waals surface area contributed by atoms with E-state index in [0.29, 0.717) is 6.42 Å². The van der Waals surface area contributed by atoms with E-state index in [4.69, 9.17) is 4.74 Å². The van der Waals surface area contributed by atoms with Crippen LogP contribution in [0.5, 0.6) is 0 Å². The smallest absolute Gasteiger partial charge is 0.166 e. The average Bonchev–Trinajstić information content (AvgIpc) is 2.66. The molecule has 0 N–H and O–H groups in total. The van der Waals surface area contributed by atoms with Gasteiger partial charge in [-0.25, -0.2) is 0 Å². The highest BCUT2D eigenvalue weighted by molar-refractivity contribution is 7.10. The lowest BCUT2D eigenvalue weighted by molar-refractivity contribution is 0.0129. The summed E-state index contributed by atoms with van der Waals surface area (Å²) in [5.41, 5.74) is 0.853. The Hall–Kier alpha value is -0.670. The topological polar surface area (TPSA) is 26.3 Å². The fraction of sp³-hybridized carbons (Fsp3) is 0.583. The van der Waals surface area contributed by atoms with Gasteiger partial charge in [-0.3, -0.25) is 4.79 Å². The number of carbonyl (C=O) groups excluding carboxylic acids is 1. The molecular weight excluding hydrogens is 208 g/mol. The summed E-state index contributed by atoms with van der Waals surface area (Å²) in [7, 11) is 0. The molecule has 1 aromatic rings. The van der Waals surface area contributed by atoms with Crippen LogP contribution >= 0.6 is 11.3 Å². The highest BCUT2D eigenvalue weighted by Gasteiger charge is 2.18. The lowest BCUT2D eigenvalue weighted by Gasteiger charge is -2.21. The first-order valence-corrected chi connectivity index (χ1v) is 6.33. The number of hydrogen-bond acceptors (Lipinski definition) is 3. The van der Waals surface area contributed by atoms with Crippen LogP contribution in [0, 0.1) is 6.92 Å². The van der Waals surface area contributed by atoms with Crippen LogP contribution in [0.1, 0.15) is 40.9 Å². The summed E-state index contributed by atoms with van der Waals surface area (Å²) in [5, 5.41) is 1.94. The predicted octanol–water partition coefficient (Wildman–Crippen LogP) is 3.20. The van der Waals surface area contributed by atoms with Crippen molar-refractivity contribution in [3.63, 3.8) is 0 Å². The normalized spacial score (nSPS) is 21.5. The third kappa shape index (κ3) is 2.89. The molecule has 82 valence electrons.